The Morgan fingerprint density at radius 3 is 2.60 bits per heavy atom. The Hall–Kier alpha value is -2.02. The molecule has 0 bridgehead atoms. The van der Waals surface area contributed by atoms with Gasteiger partial charge in [0.2, 0.25) is 5.91 Å². The number of amides is 1. The van der Waals surface area contributed by atoms with Crippen LogP contribution in [0.3, 0.4) is 0 Å². The predicted octanol–water partition coefficient (Wildman–Crippen LogP) is 0.817. The van der Waals surface area contributed by atoms with Crippen LogP contribution in [0.4, 0.5) is 5.69 Å². The third-order valence-corrected chi connectivity index (χ3v) is 4.47. The molecule has 1 aliphatic rings. The summed E-state index contributed by atoms with van der Waals surface area (Å²) in [5.74, 6) is -2.10. The summed E-state index contributed by atoms with van der Waals surface area (Å²) in [7, 11) is -1.56. The number of carbonyl (C=O) groups excluding carboxylic acids is 2. The third-order valence-electron chi connectivity index (χ3n) is 3.14. The number of ketones is 1. The lowest BCUT2D eigenvalue weighted by atomic mass is 10.1. The maximum Gasteiger partial charge on any atom is 0.326 e. The van der Waals surface area contributed by atoms with Gasteiger partial charge in [0, 0.05) is 5.56 Å². The first kappa shape index (κ1) is 14.4. The summed E-state index contributed by atoms with van der Waals surface area (Å²) in [6.07, 6.45) is 0. The molecule has 1 aromatic rings. The Morgan fingerprint density at radius 2 is 2.05 bits per heavy atom. The van der Waals surface area contributed by atoms with Gasteiger partial charge in [0.05, 0.1) is 21.4 Å². The topological polar surface area (TPSA) is 91.8 Å². The maximum atomic E-state index is 12.0. The number of hydrogen-bond acceptors (Lipinski definition) is 4. The molecule has 0 aromatic heterocycles. The molecule has 1 aromatic carbocycles. The Bertz CT molecular complexity index is 640. The number of carboxylic acids is 1. The van der Waals surface area contributed by atoms with Gasteiger partial charge in [-0.2, -0.15) is 0 Å². The molecule has 0 saturated heterocycles. The number of nitrogens with zero attached hydrogens (tertiary/aromatic N) is 1. The molecule has 1 heterocycles. The molecule has 6 nitrogen and oxygen atoms in total. The van der Waals surface area contributed by atoms with E-state index in [0.29, 0.717) is 16.1 Å². The maximum absolute atomic E-state index is 12.0. The van der Waals surface area contributed by atoms with E-state index in [1.807, 2.05) is 0 Å². The van der Waals surface area contributed by atoms with Crippen molar-refractivity contribution >= 4 is 34.1 Å². The highest BCUT2D eigenvalue weighted by atomic mass is 32.2. The van der Waals surface area contributed by atoms with Crippen molar-refractivity contribution in [3.05, 3.63) is 23.8 Å². The standard InChI is InChI=1S/C13H13NO5S/c1-7(13(17)18)14-10-4-3-9(8(2)15)5-11(10)20(19)6-12(14)16/h3-5,7H,6H2,1-2H3,(H,17,18). The van der Waals surface area contributed by atoms with E-state index in [-0.39, 0.29) is 11.5 Å². The highest BCUT2D eigenvalue weighted by Crippen LogP contribution is 2.31. The second kappa shape index (κ2) is 5.16. The fourth-order valence-electron chi connectivity index (χ4n) is 2.04. The zero-order chi connectivity index (χ0) is 15.0. The van der Waals surface area contributed by atoms with E-state index in [2.05, 4.69) is 0 Å². The van der Waals surface area contributed by atoms with Gasteiger partial charge in [0.15, 0.2) is 5.78 Å². The molecule has 0 radical (unpaired) electrons. The van der Waals surface area contributed by atoms with Crippen LogP contribution in [-0.4, -0.2) is 38.8 Å². The van der Waals surface area contributed by atoms with E-state index >= 15 is 0 Å². The highest BCUT2D eigenvalue weighted by molar-refractivity contribution is 7.86. The van der Waals surface area contributed by atoms with Crippen molar-refractivity contribution in [1.29, 1.82) is 0 Å². The van der Waals surface area contributed by atoms with Crippen molar-refractivity contribution in [3.8, 4) is 0 Å². The second-order valence-electron chi connectivity index (χ2n) is 4.51. The Balaban J connectivity index is 2.58. The summed E-state index contributed by atoms with van der Waals surface area (Å²) >= 11 is 0. The van der Waals surface area contributed by atoms with Crippen LogP contribution in [0.25, 0.3) is 0 Å². The van der Waals surface area contributed by atoms with Gasteiger partial charge >= 0.3 is 5.97 Å². The largest absolute Gasteiger partial charge is 0.480 e. The van der Waals surface area contributed by atoms with Gasteiger partial charge in [-0.05, 0) is 32.0 Å². The number of hydrogen-bond donors (Lipinski definition) is 1. The molecule has 20 heavy (non-hydrogen) atoms. The first-order chi connectivity index (χ1) is 9.32. The van der Waals surface area contributed by atoms with Gasteiger partial charge in [-0.1, -0.05) is 0 Å². The van der Waals surface area contributed by atoms with Gasteiger partial charge in [-0.25, -0.2) is 4.79 Å². The smallest absolute Gasteiger partial charge is 0.326 e. The molecule has 1 aliphatic heterocycles. The van der Waals surface area contributed by atoms with Crippen LogP contribution in [-0.2, 0) is 20.4 Å². The summed E-state index contributed by atoms with van der Waals surface area (Å²) in [5.41, 5.74) is 0.675. The number of Topliss-reactive ketones (excluding diaryl/α,β-unsaturated/α-hetero) is 1. The fraction of sp³-hybridized carbons (Fsp3) is 0.308. The molecule has 0 fully saturated rings. The van der Waals surface area contributed by atoms with Gasteiger partial charge in [0.25, 0.3) is 0 Å². The van der Waals surface area contributed by atoms with Crippen molar-refractivity contribution in [2.75, 3.05) is 10.7 Å². The van der Waals surface area contributed by atoms with Crippen LogP contribution < -0.4 is 4.90 Å². The van der Waals surface area contributed by atoms with Crippen LogP contribution in [0.5, 0.6) is 0 Å². The molecule has 0 aliphatic carbocycles. The summed E-state index contributed by atoms with van der Waals surface area (Å²) in [5, 5.41) is 9.06. The second-order valence-corrected chi connectivity index (χ2v) is 5.93. The minimum Gasteiger partial charge on any atom is -0.480 e. The highest BCUT2D eigenvalue weighted by Gasteiger charge is 2.35. The van der Waals surface area contributed by atoms with Crippen molar-refractivity contribution in [1.82, 2.24) is 0 Å². The Labute approximate surface area is 117 Å². The van der Waals surface area contributed by atoms with Crippen molar-refractivity contribution in [3.63, 3.8) is 0 Å². The summed E-state index contributed by atoms with van der Waals surface area (Å²) in [6.45, 7) is 2.77. The van der Waals surface area contributed by atoms with E-state index in [1.165, 1.54) is 32.0 Å². The first-order valence-corrected chi connectivity index (χ1v) is 7.23. The lowest BCUT2D eigenvalue weighted by molar-refractivity contribution is -0.139. The fourth-order valence-corrected chi connectivity index (χ4v) is 3.22. The van der Waals surface area contributed by atoms with Gasteiger partial charge in [-0.3, -0.25) is 18.7 Å². The molecule has 0 spiro atoms. The average molecular weight is 295 g/mol. The van der Waals surface area contributed by atoms with E-state index in [0.717, 1.165) is 4.90 Å². The molecular formula is C13H13NO5S. The molecule has 2 unspecified atom stereocenters. The summed E-state index contributed by atoms with van der Waals surface area (Å²) in [4.78, 5) is 35.8. The van der Waals surface area contributed by atoms with E-state index < -0.39 is 28.7 Å². The van der Waals surface area contributed by atoms with Crippen LogP contribution in [0, 0.1) is 0 Å². The number of fused-ring (bicyclic) bond motifs is 1. The van der Waals surface area contributed by atoms with E-state index in [9.17, 15) is 18.6 Å². The molecule has 1 N–H and O–H groups in total. The summed E-state index contributed by atoms with van der Waals surface area (Å²) in [6, 6.07) is 3.38. The lowest BCUT2D eigenvalue weighted by Crippen LogP contribution is -2.48. The SMILES string of the molecule is CC(=O)c1ccc2c(c1)S(=O)CC(=O)N2C(C)C(=O)O. The zero-order valence-corrected chi connectivity index (χ0v) is 11.8. The Kier molecular flexibility index (Phi) is 3.71. The van der Waals surface area contributed by atoms with E-state index in [4.69, 9.17) is 5.11 Å². The summed E-state index contributed by atoms with van der Waals surface area (Å²) < 4.78 is 12.0. The molecule has 1 amide bonds. The number of anilines is 1. The van der Waals surface area contributed by atoms with Crippen LogP contribution in [0.15, 0.2) is 23.1 Å². The van der Waals surface area contributed by atoms with Crippen LogP contribution in [0.2, 0.25) is 0 Å². The molecule has 7 heteroatoms. The minimum absolute atomic E-state index is 0.181. The number of carboxylic acid groups (broad SMARTS) is 1. The third kappa shape index (κ3) is 2.36. The molecule has 0 saturated carbocycles. The van der Waals surface area contributed by atoms with Gasteiger partial charge in [-0.15, -0.1) is 0 Å². The molecule has 2 rings (SSSR count). The zero-order valence-electron chi connectivity index (χ0n) is 11.0. The molecule has 2 atom stereocenters. The molecular weight excluding hydrogens is 282 g/mol. The van der Waals surface area contributed by atoms with Crippen LogP contribution >= 0.6 is 0 Å². The number of rotatable bonds is 3. The number of carbonyl (C=O) groups is 3. The normalized spacial score (nSPS) is 19.4. The average Bonchev–Trinajstić information content (AvgIpc) is 2.37. The Morgan fingerprint density at radius 1 is 1.40 bits per heavy atom. The van der Waals surface area contributed by atoms with Crippen molar-refractivity contribution < 1.29 is 23.7 Å². The minimum atomic E-state index is -1.56. The van der Waals surface area contributed by atoms with Crippen molar-refractivity contribution in [2.45, 2.75) is 24.8 Å². The number of benzene rings is 1. The van der Waals surface area contributed by atoms with Crippen LogP contribution in [0.1, 0.15) is 24.2 Å². The monoisotopic (exact) mass is 295 g/mol. The lowest BCUT2D eigenvalue weighted by Gasteiger charge is -2.31. The molecule has 106 valence electrons. The van der Waals surface area contributed by atoms with E-state index in [1.54, 1.807) is 0 Å². The van der Waals surface area contributed by atoms with Crippen molar-refractivity contribution in [2.24, 2.45) is 0 Å². The first-order valence-electron chi connectivity index (χ1n) is 5.91. The number of aliphatic carboxylic acids is 1. The van der Waals surface area contributed by atoms with Gasteiger partial charge < -0.3 is 5.11 Å². The quantitative estimate of drug-likeness (QED) is 0.833. The van der Waals surface area contributed by atoms with Gasteiger partial charge in [0.1, 0.15) is 11.8 Å². The predicted molar refractivity (Wildman–Crippen MR) is 72.3 cm³/mol.